The van der Waals surface area contributed by atoms with Crippen LogP contribution in [0.5, 0.6) is 11.5 Å². The van der Waals surface area contributed by atoms with E-state index >= 15 is 0 Å². The highest BCUT2D eigenvalue weighted by atomic mass is 32.2. The Morgan fingerprint density at radius 1 is 1.04 bits per heavy atom. The summed E-state index contributed by atoms with van der Waals surface area (Å²) >= 11 is 1.59. The Kier molecular flexibility index (Phi) is 8.47. The van der Waals surface area contributed by atoms with Gasteiger partial charge in [-0.05, 0) is 55.0 Å². The van der Waals surface area contributed by atoms with Crippen LogP contribution in [0.2, 0.25) is 0 Å². The van der Waals surface area contributed by atoms with Crippen molar-refractivity contribution in [3.63, 3.8) is 0 Å². The number of hydrogen-bond donors (Lipinski definition) is 0. The second-order valence-corrected chi connectivity index (χ2v) is 7.06. The van der Waals surface area contributed by atoms with Crippen molar-refractivity contribution in [3.8, 4) is 11.5 Å². The fraction of sp³-hybridized carbons (Fsp3) is 0.400. The Morgan fingerprint density at radius 3 is 2.32 bits per heavy atom. The Hall–Kier alpha value is -1.90. The third kappa shape index (κ3) is 6.92. The number of thioether (sulfide) groups is 1. The summed E-state index contributed by atoms with van der Waals surface area (Å²) in [5.74, 6) is 1.77. The largest absolute Gasteiger partial charge is 0.496 e. The van der Waals surface area contributed by atoms with Crippen LogP contribution in [0.3, 0.4) is 0 Å². The van der Waals surface area contributed by atoms with E-state index in [1.165, 1.54) is 19.2 Å². The first kappa shape index (κ1) is 22.4. The second kappa shape index (κ2) is 10.6. The van der Waals surface area contributed by atoms with Crippen molar-refractivity contribution in [1.29, 1.82) is 0 Å². The molecule has 0 amide bonds. The SMILES string of the molecule is COCOC(COc1ccc(C(F)(F)F)cc1)CSc1ccc(OC)c(C)c1. The molecule has 8 heteroatoms. The first-order valence-corrected chi connectivity index (χ1v) is 9.50. The molecule has 2 aromatic carbocycles. The van der Waals surface area contributed by atoms with Crippen LogP contribution in [0, 0.1) is 6.92 Å². The van der Waals surface area contributed by atoms with Crippen molar-refractivity contribution in [2.45, 2.75) is 24.1 Å². The minimum Gasteiger partial charge on any atom is -0.496 e. The zero-order valence-electron chi connectivity index (χ0n) is 15.9. The molecule has 0 saturated heterocycles. The summed E-state index contributed by atoms with van der Waals surface area (Å²) in [4.78, 5) is 1.05. The van der Waals surface area contributed by atoms with Crippen molar-refractivity contribution in [2.75, 3.05) is 33.4 Å². The van der Waals surface area contributed by atoms with Gasteiger partial charge in [-0.15, -0.1) is 11.8 Å². The van der Waals surface area contributed by atoms with Crippen LogP contribution < -0.4 is 9.47 Å². The number of alkyl halides is 3. The van der Waals surface area contributed by atoms with Gasteiger partial charge in [-0.2, -0.15) is 13.2 Å². The Labute approximate surface area is 166 Å². The molecule has 1 unspecified atom stereocenters. The highest BCUT2D eigenvalue weighted by Gasteiger charge is 2.30. The number of rotatable bonds is 10. The van der Waals surface area contributed by atoms with Crippen molar-refractivity contribution < 1.29 is 32.1 Å². The van der Waals surface area contributed by atoms with Gasteiger partial charge in [-0.1, -0.05) is 0 Å². The number of benzene rings is 2. The van der Waals surface area contributed by atoms with Crippen LogP contribution in [0.15, 0.2) is 47.4 Å². The predicted molar refractivity (Wildman–Crippen MR) is 102 cm³/mol. The average Bonchev–Trinajstić information content (AvgIpc) is 2.67. The molecule has 0 aliphatic rings. The molecule has 0 aromatic heterocycles. The zero-order valence-corrected chi connectivity index (χ0v) is 16.7. The Morgan fingerprint density at radius 2 is 1.75 bits per heavy atom. The maximum Gasteiger partial charge on any atom is 0.416 e. The minimum atomic E-state index is -4.37. The van der Waals surface area contributed by atoms with E-state index in [2.05, 4.69) is 0 Å². The van der Waals surface area contributed by atoms with Gasteiger partial charge in [-0.25, -0.2) is 0 Å². The maximum atomic E-state index is 12.6. The number of ether oxygens (including phenoxy) is 4. The van der Waals surface area contributed by atoms with E-state index < -0.39 is 11.7 Å². The van der Waals surface area contributed by atoms with Crippen LogP contribution in [0.4, 0.5) is 13.2 Å². The summed E-state index contributed by atoms with van der Waals surface area (Å²) in [5, 5.41) is 0. The summed E-state index contributed by atoms with van der Waals surface area (Å²) in [7, 11) is 3.15. The number of hydrogen-bond acceptors (Lipinski definition) is 5. The quantitative estimate of drug-likeness (QED) is 0.394. The van der Waals surface area contributed by atoms with Crippen molar-refractivity contribution >= 4 is 11.8 Å². The molecule has 0 N–H and O–H groups in total. The Balaban J connectivity index is 1.92. The third-order valence-electron chi connectivity index (χ3n) is 3.84. The summed E-state index contributed by atoms with van der Waals surface area (Å²) in [6.07, 6.45) is -4.66. The lowest BCUT2D eigenvalue weighted by atomic mass is 10.2. The number of methoxy groups -OCH3 is 2. The lowest BCUT2D eigenvalue weighted by Crippen LogP contribution is -2.25. The molecule has 154 valence electrons. The van der Waals surface area contributed by atoms with Gasteiger partial charge < -0.3 is 18.9 Å². The van der Waals surface area contributed by atoms with Gasteiger partial charge in [0, 0.05) is 17.8 Å². The standard InChI is InChI=1S/C20H23F3O4S/c1-14-10-18(8-9-19(14)25-3)28-12-17(27-13-24-2)11-26-16-6-4-15(5-7-16)20(21,22)23/h4-10,17H,11-13H2,1-3H3. The first-order chi connectivity index (χ1) is 13.3. The van der Waals surface area contributed by atoms with E-state index in [9.17, 15) is 13.2 Å². The molecular formula is C20H23F3O4S. The number of halogens is 3. The molecule has 2 rings (SSSR count). The number of aryl methyl sites for hydroxylation is 1. The highest BCUT2D eigenvalue weighted by molar-refractivity contribution is 7.99. The van der Waals surface area contributed by atoms with Crippen LogP contribution >= 0.6 is 11.8 Å². The molecule has 0 heterocycles. The lowest BCUT2D eigenvalue weighted by molar-refractivity contribution is -0.137. The molecule has 2 aromatic rings. The smallest absolute Gasteiger partial charge is 0.416 e. The van der Waals surface area contributed by atoms with Crippen molar-refractivity contribution in [2.24, 2.45) is 0 Å². The molecule has 28 heavy (non-hydrogen) atoms. The van der Waals surface area contributed by atoms with Gasteiger partial charge in [0.2, 0.25) is 0 Å². The average molecular weight is 416 g/mol. The molecule has 1 atom stereocenters. The van der Waals surface area contributed by atoms with Gasteiger partial charge in [0.15, 0.2) is 0 Å². The molecule has 0 fully saturated rings. The molecule has 4 nitrogen and oxygen atoms in total. The molecule has 0 spiro atoms. The van der Waals surface area contributed by atoms with Crippen LogP contribution in [-0.4, -0.2) is 39.5 Å². The second-order valence-electron chi connectivity index (χ2n) is 5.97. The summed E-state index contributed by atoms with van der Waals surface area (Å²) < 4.78 is 59.3. The molecule has 0 bridgehead atoms. The molecular weight excluding hydrogens is 393 g/mol. The van der Waals surface area contributed by atoms with E-state index in [4.69, 9.17) is 18.9 Å². The Bertz CT molecular complexity index is 735. The van der Waals surface area contributed by atoms with Gasteiger partial charge >= 0.3 is 6.18 Å². The fourth-order valence-corrected chi connectivity index (χ4v) is 3.36. The van der Waals surface area contributed by atoms with Crippen LogP contribution in [0.25, 0.3) is 0 Å². The molecule has 0 saturated carbocycles. The molecule has 0 radical (unpaired) electrons. The highest BCUT2D eigenvalue weighted by Crippen LogP contribution is 2.30. The van der Waals surface area contributed by atoms with Gasteiger partial charge in [0.1, 0.15) is 31.0 Å². The topological polar surface area (TPSA) is 36.9 Å². The van der Waals surface area contributed by atoms with E-state index in [0.29, 0.717) is 11.5 Å². The van der Waals surface area contributed by atoms with Crippen molar-refractivity contribution in [3.05, 3.63) is 53.6 Å². The monoisotopic (exact) mass is 416 g/mol. The van der Waals surface area contributed by atoms with Gasteiger partial charge in [0.25, 0.3) is 0 Å². The van der Waals surface area contributed by atoms with E-state index in [1.54, 1.807) is 18.9 Å². The van der Waals surface area contributed by atoms with Crippen LogP contribution in [0.1, 0.15) is 11.1 Å². The zero-order chi connectivity index (χ0) is 20.6. The first-order valence-electron chi connectivity index (χ1n) is 8.51. The maximum absolute atomic E-state index is 12.6. The molecule has 0 aliphatic heterocycles. The summed E-state index contributed by atoms with van der Waals surface area (Å²) in [6.45, 7) is 2.26. The van der Waals surface area contributed by atoms with Crippen LogP contribution in [-0.2, 0) is 15.7 Å². The molecule has 0 aliphatic carbocycles. The normalized spacial score (nSPS) is 12.6. The van der Waals surface area contributed by atoms with Gasteiger partial charge in [0.05, 0.1) is 12.7 Å². The third-order valence-corrected chi connectivity index (χ3v) is 4.97. The summed E-state index contributed by atoms with van der Waals surface area (Å²) in [5.41, 5.74) is 0.320. The van der Waals surface area contributed by atoms with E-state index in [0.717, 1.165) is 28.3 Å². The summed E-state index contributed by atoms with van der Waals surface area (Å²) in [6, 6.07) is 10.5. The minimum absolute atomic E-state index is 0.100. The van der Waals surface area contributed by atoms with Gasteiger partial charge in [-0.3, -0.25) is 0 Å². The van der Waals surface area contributed by atoms with E-state index in [-0.39, 0.29) is 19.5 Å². The van der Waals surface area contributed by atoms with E-state index in [1.807, 2.05) is 25.1 Å². The van der Waals surface area contributed by atoms with Crippen molar-refractivity contribution in [1.82, 2.24) is 0 Å². The predicted octanol–water partition coefficient (Wildman–Crippen LogP) is 5.18. The lowest BCUT2D eigenvalue weighted by Gasteiger charge is -2.18. The fourth-order valence-electron chi connectivity index (χ4n) is 2.37.